The van der Waals surface area contributed by atoms with E-state index in [0.717, 1.165) is 18.9 Å². The number of hydrazine groups is 1. The van der Waals surface area contributed by atoms with Crippen molar-refractivity contribution in [1.29, 1.82) is 0 Å². The molecule has 1 aliphatic carbocycles. The Hall–Kier alpha value is -0.770. The molecular weight excluding hydrogens is 154 g/mol. The van der Waals surface area contributed by atoms with Gasteiger partial charge >= 0.3 is 6.03 Å². The van der Waals surface area contributed by atoms with Gasteiger partial charge in [-0.1, -0.05) is 25.7 Å². The highest BCUT2D eigenvalue weighted by atomic mass is 16.2. The van der Waals surface area contributed by atoms with Gasteiger partial charge in [0.25, 0.3) is 0 Å². The normalized spacial score (nSPS) is 17.8. The molecule has 1 aliphatic rings. The first-order chi connectivity index (χ1) is 5.83. The molecule has 12 heavy (non-hydrogen) atoms. The van der Waals surface area contributed by atoms with E-state index in [1.165, 1.54) is 25.7 Å². The van der Waals surface area contributed by atoms with Crippen LogP contribution in [0.4, 0.5) is 4.79 Å². The molecule has 1 rings (SSSR count). The first-order valence-electron chi connectivity index (χ1n) is 4.57. The third-order valence-electron chi connectivity index (χ3n) is 2.44. The molecule has 0 unspecified atom stereocenters. The summed E-state index contributed by atoms with van der Waals surface area (Å²) in [5, 5.41) is 2.68. The zero-order chi connectivity index (χ0) is 8.81. The molecule has 0 radical (unpaired) electrons. The highest BCUT2D eigenvalue weighted by Crippen LogP contribution is 2.26. The summed E-state index contributed by atoms with van der Waals surface area (Å²) in [5.74, 6) is 5.73. The number of carbonyl (C=O) groups is 1. The minimum Gasteiger partial charge on any atom is -0.337 e. The molecular formula is C8H17N3O. The molecule has 0 aliphatic heterocycles. The molecule has 0 aromatic heterocycles. The van der Waals surface area contributed by atoms with Gasteiger partial charge in [-0.3, -0.25) is 5.43 Å². The van der Waals surface area contributed by atoms with Gasteiger partial charge in [0.1, 0.15) is 0 Å². The molecule has 4 heteroatoms. The lowest BCUT2D eigenvalue weighted by Gasteiger charge is -2.08. The summed E-state index contributed by atoms with van der Waals surface area (Å²) in [4.78, 5) is 10.6. The second kappa shape index (κ2) is 4.98. The fourth-order valence-corrected chi connectivity index (χ4v) is 1.74. The summed E-state index contributed by atoms with van der Waals surface area (Å²) in [5.41, 5.74) is 2.04. The Morgan fingerprint density at radius 1 is 1.42 bits per heavy atom. The van der Waals surface area contributed by atoms with Crippen molar-refractivity contribution in [3.8, 4) is 0 Å². The minimum absolute atomic E-state index is 0.284. The maximum absolute atomic E-state index is 10.6. The van der Waals surface area contributed by atoms with E-state index in [1.54, 1.807) is 0 Å². The van der Waals surface area contributed by atoms with Crippen molar-refractivity contribution in [3.63, 3.8) is 0 Å². The first kappa shape index (κ1) is 9.32. The van der Waals surface area contributed by atoms with Crippen LogP contribution in [0.25, 0.3) is 0 Å². The molecule has 4 N–H and O–H groups in total. The Bertz CT molecular complexity index is 143. The van der Waals surface area contributed by atoms with Crippen molar-refractivity contribution >= 4 is 6.03 Å². The molecule has 4 nitrogen and oxygen atoms in total. The van der Waals surface area contributed by atoms with Gasteiger partial charge in [0.05, 0.1) is 0 Å². The van der Waals surface area contributed by atoms with E-state index in [4.69, 9.17) is 5.84 Å². The largest absolute Gasteiger partial charge is 0.337 e. The van der Waals surface area contributed by atoms with Crippen LogP contribution in [-0.4, -0.2) is 12.6 Å². The Morgan fingerprint density at radius 3 is 2.67 bits per heavy atom. The average molecular weight is 171 g/mol. The molecule has 70 valence electrons. The van der Waals surface area contributed by atoms with Crippen LogP contribution in [-0.2, 0) is 0 Å². The number of rotatable bonds is 3. The maximum atomic E-state index is 10.6. The predicted molar refractivity (Wildman–Crippen MR) is 47.3 cm³/mol. The van der Waals surface area contributed by atoms with Crippen molar-refractivity contribution in [3.05, 3.63) is 0 Å². The first-order valence-corrected chi connectivity index (χ1v) is 4.57. The van der Waals surface area contributed by atoms with E-state index >= 15 is 0 Å². The van der Waals surface area contributed by atoms with Crippen LogP contribution in [0, 0.1) is 5.92 Å². The molecule has 0 aromatic rings. The van der Waals surface area contributed by atoms with E-state index in [0.29, 0.717) is 0 Å². The molecule has 0 spiro atoms. The Morgan fingerprint density at radius 2 is 2.08 bits per heavy atom. The Kier molecular flexibility index (Phi) is 3.87. The number of urea groups is 1. The molecule has 0 bridgehead atoms. The number of hydrogen-bond donors (Lipinski definition) is 3. The number of nitrogens with two attached hydrogens (primary N) is 1. The molecule has 0 aromatic carbocycles. The van der Waals surface area contributed by atoms with E-state index in [2.05, 4.69) is 5.32 Å². The zero-order valence-electron chi connectivity index (χ0n) is 7.31. The van der Waals surface area contributed by atoms with Gasteiger partial charge in [0.2, 0.25) is 0 Å². The number of carbonyl (C=O) groups excluding carboxylic acids is 1. The van der Waals surface area contributed by atoms with E-state index in [9.17, 15) is 4.79 Å². The van der Waals surface area contributed by atoms with Crippen LogP contribution in [0.2, 0.25) is 0 Å². The molecule has 0 atom stereocenters. The average Bonchev–Trinajstić information content (AvgIpc) is 2.57. The standard InChI is InChI=1S/C8H17N3O/c9-11-8(12)10-6-5-7-3-1-2-4-7/h7H,1-6,9H2,(H2,10,11,12). The summed E-state index contributed by atoms with van der Waals surface area (Å²) in [6, 6.07) is -0.284. The Balaban J connectivity index is 1.97. The topological polar surface area (TPSA) is 67.1 Å². The smallest absolute Gasteiger partial charge is 0.328 e. The highest BCUT2D eigenvalue weighted by Gasteiger charge is 2.14. The lowest BCUT2D eigenvalue weighted by atomic mass is 10.0. The molecule has 1 saturated carbocycles. The van der Waals surface area contributed by atoms with Crippen LogP contribution in [0.1, 0.15) is 32.1 Å². The van der Waals surface area contributed by atoms with Crippen LogP contribution < -0.4 is 16.6 Å². The predicted octanol–water partition coefficient (Wildman–Crippen LogP) is 0.740. The van der Waals surface area contributed by atoms with Gasteiger partial charge in [-0.05, 0) is 12.3 Å². The van der Waals surface area contributed by atoms with Crippen molar-refractivity contribution < 1.29 is 4.79 Å². The summed E-state index contributed by atoms with van der Waals surface area (Å²) in [6.45, 7) is 0.744. The van der Waals surface area contributed by atoms with Gasteiger partial charge < -0.3 is 5.32 Å². The van der Waals surface area contributed by atoms with E-state index < -0.39 is 0 Å². The summed E-state index contributed by atoms with van der Waals surface area (Å²) < 4.78 is 0. The second-order valence-corrected chi connectivity index (χ2v) is 3.34. The van der Waals surface area contributed by atoms with Gasteiger partial charge in [0, 0.05) is 6.54 Å². The maximum Gasteiger partial charge on any atom is 0.328 e. The quantitative estimate of drug-likeness (QED) is 0.333. The van der Waals surface area contributed by atoms with Gasteiger partial charge in [-0.15, -0.1) is 0 Å². The Labute approximate surface area is 72.9 Å². The fraction of sp³-hybridized carbons (Fsp3) is 0.875. The molecule has 1 fully saturated rings. The van der Waals surface area contributed by atoms with E-state index in [-0.39, 0.29) is 6.03 Å². The van der Waals surface area contributed by atoms with E-state index in [1.807, 2.05) is 5.43 Å². The molecule has 0 saturated heterocycles. The van der Waals surface area contributed by atoms with Crippen LogP contribution in [0.15, 0.2) is 0 Å². The second-order valence-electron chi connectivity index (χ2n) is 3.34. The van der Waals surface area contributed by atoms with Crippen LogP contribution >= 0.6 is 0 Å². The van der Waals surface area contributed by atoms with Gasteiger partial charge in [-0.25, -0.2) is 10.6 Å². The lowest BCUT2D eigenvalue weighted by molar-refractivity contribution is 0.240. The van der Waals surface area contributed by atoms with Crippen molar-refractivity contribution in [2.75, 3.05) is 6.54 Å². The fourth-order valence-electron chi connectivity index (χ4n) is 1.74. The van der Waals surface area contributed by atoms with Gasteiger partial charge in [-0.2, -0.15) is 0 Å². The SMILES string of the molecule is NNC(=O)NCCC1CCCC1. The number of nitrogens with one attached hydrogen (secondary N) is 2. The zero-order valence-corrected chi connectivity index (χ0v) is 7.31. The van der Waals surface area contributed by atoms with Crippen molar-refractivity contribution in [2.24, 2.45) is 11.8 Å². The van der Waals surface area contributed by atoms with Gasteiger partial charge in [0.15, 0.2) is 0 Å². The lowest BCUT2D eigenvalue weighted by Crippen LogP contribution is -2.40. The van der Waals surface area contributed by atoms with Crippen molar-refractivity contribution in [2.45, 2.75) is 32.1 Å². The molecule has 0 heterocycles. The molecule has 2 amide bonds. The third kappa shape index (κ3) is 3.09. The monoisotopic (exact) mass is 171 g/mol. The summed E-state index contributed by atoms with van der Waals surface area (Å²) in [6.07, 6.45) is 6.45. The highest BCUT2D eigenvalue weighted by molar-refractivity contribution is 5.72. The summed E-state index contributed by atoms with van der Waals surface area (Å²) in [7, 11) is 0. The third-order valence-corrected chi connectivity index (χ3v) is 2.44. The minimum atomic E-state index is -0.284. The van der Waals surface area contributed by atoms with Crippen LogP contribution in [0.3, 0.4) is 0 Å². The summed E-state index contributed by atoms with van der Waals surface area (Å²) >= 11 is 0. The van der Waals surface area contributed by atoms with Crippen molar-refractivity contribution in [1.82, 2.24) is 10.7 Å². The number of hydrogen-bond acceptors (Lipinski definition) is 2. The van der Waals surface area contributed by atoms with Crippen LogP contribution in [0.5, 0.6) is 0 Å². The number of amides is 2.